The van der Waals surface area contributed by atoms with Crippen LogP contribution in [0.4, 0.5) is 18.9 Å². The van der Waals surface area contributed by atoms with E-state index >= 15 is 0 Å². The van der Waals surface area contributed by atoms with Gasteiger partial charge in [-0.3, -0.25) is 20.2 Å². The van der Waals surface area contributed by atoms with Gasteiger partial charge < -0.3 is 9.47 Å². The highest BCUT2D eigenvalue weighted by atomic mass is 35.5. The molecule has 2 rings (SSSR count). The average molecular weight is 447 g/mol. The quantitative estimate of drug-likeness (QED) is 0.333. The normalized spacial score (nSPS) is 11.3. The fourth-order valence-corrected chi connectivity index (χ4v) is 2.34. The molecule has 0 atom stereocenters. The van der Waals surface area contributed by atoms with Gasteiger partial charge in [0.1, 0.15) is 23.7 Å². The highest BCUT2D eigenvalue weighted by Gasteiger charge is 2.31. The van der Waals surface area contributed by atoms with E-state index in [0.29, 0.717) is 12.3 Å². The van der Waals surface area contributed by atoms with Crippen molar-refractivity contribution in [3.63, 3.8) is 0 Å². The Kier molecular flexibility index (Phi) is 6.95. The minimum absolute atomic E-state index is 0.143. The number of alkyl halides is 3. The van der Waals surface area contributed by atoms with Crippen LogP contribution in [-0.2, 0) is 10.9 Å². The third kappa shape index (κ3) is 5.91. The van der Waals surface area contributed by atoms with Crippen LogP contribution in [0.2, 0.25) is 5.02 Å². The van der Waals surface area contributed by atoms with Crippen molar-refractivity contribution < 1.29 is 37.3 Å². The first kappa shape index (κ1) is 22.6. The van der Waals surface area contributed by atoms with Gasteiger partial charge in [-0.15, -0.1) is 0 Å². The molecule has 2 aromatic carbocycles. The summed E-state index contributed by atoms with van der Waals surface area (Å²) < 4.78 is 48.1. The highest BCUT2D eigenvalue weighted by Crippen LogP contribution is 2.37. The number of carbonyl (C=O) groups is 1. The molecule has 0 saturated carbocycles. The Morgan fingerprint density at radius 3 is 2.40 bits per heavy atom. The summed E-state index contributed by atoms with van der Waals surface area (Å²) in [5.74, 6) is -1.50. The Balaban J connectivity index is 2.28. The van der Waals surface area contributed by atoms with Crippen molar-refractivity contribution in [2.24, 2.45) is 0 Å². The molecule has 0 aliphatic carbocycles. The van der Waals surface area contributed by atoms with Crippen molar-refractivity contribution in [3.8, 4) is 11.5 Å². The second-order valence-corrected chi connectivity index (χ2v) is 5.86. The molecule has 30 heavy (non-hydrogen) atoms. The Morgan fingerprint density at radius 1 is 1.13 bits per heavy atom. The lowest BCUT2D eigenvalue weighted by Crippen LogP contribution is -2.09. The Morgan fingerprint density at radius 2 is 1.83 bits per heavy atom. The molecule has 0 radical (unpaired) electrons. The molecule has 2 aromatic rings. The highest BCUT2D eigenvalue weighted by molar-refractivity contribution is 6.32. The van der Waals surface area contributed by atoms with Crippen molar-refractivity contribution in [1.29, 1.82) is 0 Å². The number of rotatable bonds is 7. The van der Waals surface area contributed by atoms with Crippen LogP contribution in [0.3, 0.4) is 0 Å². The van der Waals surface area contributed by atoms with Crippen LogP contribution in [0.15, 0.2) is 48.7 Å². The fourth-order valence-electron chi connectivity index (χ4n) is 2.12. The van der Waals surface area contributed by atoms with E-state index in [1.165, 1.54) is 0 Å². The minimum atomic E-state index is -4.61. The van der Waals surface area contributed by atoms with Gasteiger partial charge >= 0.3 is 12.1 Å². The zero-order valence-corrected chi connectivity index (χ0v) is 15.3. The Labute approximate surface area is 170 Å². The molecule has 0 unspecified atom stereocenters. The summed E-state index contributed by atoms with van der Waals surface area (Å²) in [6.07, 6.45) is -3.18. The lowest BCUT2D eigenvalue weighted by atomic mass is 10.1. The Hall–Kier alpha value is -3.67. The van der Waals surface area contributed by atoms with Crippen LogP contribution in [-0.4, -0.2) is 22.4 Å². The van der Waals surface area contributed by atoms with Crippen molar-refractivity contribution in [1.82, 2.24) is 0 Å². The van der Waals surface area contributed by atoms with Gasteiger partial charge in [0.25, 0.3) is 5.69 Å². The van der Waals surface area contributed by atoms with Crippen LogP contribution >= 0.6 is 11.6 Å². The predicted octanol–water partition coefficient (Wildman–Crippen LogP) is 5.01. The summed E-state index contributed by atoms with van der Waals surface area (Å²) in [5.41, 5.74) is -2.17. The SMILES string of the molecule is O=C(OCC=C[N+](=O)[O-])c1cc(Oc2ccc(C(F)(F)F)cc2Cl)ccc1[N+](=O)[O-]. The van der Waals surface area contributed by atoms with Gasteiger partial charge in [-0.05, 0) is 24.3 Å². The van der Waals surface area contributed by atoms with E-state index in [0.717, 1.165) is 36.4 Å². The van der Waals surface area contributed by atoms with Crippen molar-refractivity contribution in [2.45, 2.75) is 6.18 Å². The lowest BCUT2D eigenvalue weighted by Gasteiger charge is -2.12. The number of ether oxygens (including phenoxy) is 2. The van der Waals surface area contributed by atoms with Crippen LogP contribution in [0, 0.1) is 20.2 Å². The summed E-state index contributed by atoms with van der Waals surface area (Å²) in [7, 11) is 0. The number of carbonyl (C=O) groups excluding carboxylic acids is 1. The average Bonchev–Trinajstić information content (AvgIpc) is 2.65. The molecular formula is C17H10ClF3N2O7. The second kappa shape index (κ2) is 9.22. The predicted molar refractivity (Wildman–Crippen MR) is 96.0 cm³/mol. The maximum absolute atomic E-state index is 12.7. The first-order chi connectivity index (χ1) is 14.0. The molecule has 0 aliphatic rings. The summed E-state index contributed by atoms with van der Waals surface area (Å²) >= 11 is 5.79. The van der Waals surface area contributed by atoms with E-state index in [-0.39, 0.29) is 16.5 Å². The van der Waals surface area contributed by atoms with Crippen molar-refractivity contribution in [3.05, 3.63) is 85.1 Å². The molecule has 0 bridgehead atoms. The zero-order chi connectivity index (χ0) is 22.5. The topological polar surface area (TPSA) is 122 Å². The van der Waals surface area contributed by atoms with Crippen LogP contribution in [0.1, 0.15) is 15.9 Å². The number of nitro groups is 2. The smallest absolute Gasteiger partial charge is 0.416 e. The number of esters is 1. The molecule has 9 nitrogen and oxygen atoms in total. The van der Waals surface area contributed by atoms with Gasteiger partial charge in [-0.1, -0.05) is 11.6 Å². The molecule has 0 amide bonds. The number of hydrogen-bond acceptors (Lipinski definition) is 7. The first-order valence-electron chi connectivity index (χ1n) is 7.79. The second-order valence-electron chi connectivity index (χ2n) is 5.45. The monoisotopic (exact) mass is 446 g/mol. The molecule has 0 saturated heterocycles. The standard InChI is InChI=1S/C17H10ClF3N2O7/c18-13-8-10(17(19,20)21)2-5-15(13)30-11-3-4-14(23(27)28)12(9-11)16(24)29-7-1-6-22(25)26/h1-6,8-9H,7H2. The van der Waals surface area contributed by atoms with Crippen molar-refractivity contribution >= 4 is 23.3 Å². The third-order valence-electron chi connectivity index (χ3n) is 3.41. The third-order valence-corrected chi connectivity index (χ3v) is 3.70. The fraction of sp³-hybridized carbons (Fsp3) is 0.118. The number of nitro benzene ring substituents is 1. The van der Waals surface area contributed by atoms with E-state index in [1.54, 1.807) is 0 Å². The molecular weight excluding hydrogens is 437 g/mol. The maximum Gasteiger partial charge on any atom is 0.416 e. The van der Waals surface area contributed by atoms with Gasteiger partial charge in [-0.25, -0.2) is 4.79 Å². The molecule has 158 valence electrons. The zero-order valence-electron chi connectivity index (χ0n) is 14.6. The minimum Gasteiger partial charge on any atom is -0.457 e. The van der Waals surface area contributed by atoms with Gasteiger partial charge in [-0.2, -0.15) is 13.2 Å². The van der Waals surface area contributed by atoms with E-state index in [2.05, 4.69) is 0 Å². The van der Waals surface area contributed by atoms with Gasteiger partial charge in [0.2, 0.25) is 6.20 Å². The number of nitrogens with zero attached hydrogens (tertiary/aromatic N) is 2. The molecule has 0 aliphatic heterocycles. The van der Waals surface area contributed by atoms with E-state index in [1.807, 2.05) is 0 Å². The van der Waals surface area contributed by atoms with E-state index in [4.69, 9.17) is 21.1 Å². The molecule has 0 heterocycles. The van der Waals surface area contributed by atoms with Crippen LogP contribution in [0.5, 0.6) is 11.5 Å². The van der Waals surface area contributed by atoms with E-state index in [9.17, 15) is 38.2 Å². The van der Waals surface area contributed by atoms with Gasteiger partial charge in [0.15, 0.2) is 0 Å². The summed E-state index contributed by atoms with van der Waals surface area (Å²) in [5, 5.41) is 20.9. The summed E-state index contributed by atoms with van der Waals surface area (Å²) in [6.45, 7) is -0.521. The van der Waals surface area contributed by atoms with Crippen molar-refractivity contribution in [2.75, 3.05) is 6.61 Å². The summed E-state index contributed by atoms with van der Waals surface area (Å²) in [4.78, 5) is 31.8. The molecule has 0 N–H and O–H groups in total. The number of benzene rings is 2. The number of hydrogen-bond donors (Lipinski definition) is 0. The Bertz CT molecular complexity index is 1020. The maximum atomic E-state index is 12.7. The van der Waals surface area contributed by atoms with Gasteiger partial charge in [0.05, 0.1) is 20.4 Å². The summed E-state index contributed by atoms with van der Waals surface area (Å²) in [6, 6.07) is 5.29. The van der Waals surface area contributed by atoms with E-state index < -0.39 is 45.4 Å². The lowest BCUT2D eigenvalue weighted by molar-refractivity contribution is -0.402. The molecule has 0 aromatic heterocycles. The molecule has 0 spiro atoms. The largest absolute Gasteiger partial charge is 0.457 e. The van der Waals surface area contributed by atoms with Crippen LogP contribution in [0.25, 0.3) is 0 Å². The first-order valence-corrected chi connectivity index (χ1v) is 8.17. The molecule has 13 heteroatoms. The molecule has 0 fully saturated rings. The van der Waals surface area contributed by atoms with Crippen LogP contribution < -0.4 is 4.74 Å². The number of halogens is 4. The van der Waals surface area contributed by atoms with Gasteiger partial charge in [0, 0.05) is 18.2 Å².